The summed E-state index contributed by atoms with van der Waals surface area (Å²) in [5.74, 6) is -0.510. The lowest BCUT2D eigenvalue weighted by atomic mass is 10.0. The van der Waals surface area contributed by atoms with E-state index in [4.69, 9.17) is 11.6 Å². The molecule has 0 aliphatic carbocycles. The van der Waals surface area contributed by atoms with Crippen LogP contribution in [0.5, 0.6) is 0 Å². The van der Waals surface area contributed by atoms with E-state index >= 15 is 0 Å². The van der Waals surface area contributed by atoms with Gasteiger partial charge in [-0.2, -0.15) is 0 Å². The van der Waals surface area contributed by atoms with Crippen molar-refractivity contribution in [1.29, 1.82) is 0 Å². The fourth-order valence-corrected chi connectivity index (χ4v) is 3.05. The van der Waals surface area contributed by atoms with Crippen molar-refractivity contribution < 1.29 is 9.18 Å². The van der Waals surface area contributed by atoms with Gasteiger partial charge in [0.15, 0.2) is 0 Å². The zero-order valence-corrected chi connectivity index (χ0v) is 14.3. The molecule has 0 bridgehead atoms. The maximum atomic E-state index is 14.1. The second-order valence-corrected chi connectivity index (χ2v) is 6.25. The number of amides is 1. The van der Waals surface area contributed by atoms with E-state index in [0.29, 0.717) is 33.4 Å². The summed E-state index contributed by atoms with van der Waals surface area (Å²) >= 11 is 5.94. The van der Waals surface area contributed by atoms with Crippen molar-refractivity contribution in [1.82, 2.24) is 4.98 Å². The third-order valence-electron chi connectivity index (χ3n) is 4.10. The van der Waals surface area contributed by atoms with Gasteiger partial charge in [0.1, 0.15) is 11.0 Å². The summed E-state index contributed by atoms with van der Waals surface area (Å²) in [5, 5.41) is 3.18. The zero-order chi connectivity index (χ0) is 18.1. The molecule has 0 saturated heterocycles. The first-order valence-electron chi connectivity index (χ1n) is 7.98. The summed E-state index contributed by atoms with van der Waals surface area (Å²) in [7, 11) is 0. The molecule has 2 heterocycles. The molecule has 6 heteroatoms. The van der Waals surface area contributed by atoms with Crippen LogP contribution >= 0.6 is 11.6 Å². The number of fused-ring (bicyclic) bond motifs is 1. The second-order valence-electron chi connectivity index (χ2n) is 5.86. The zero-order valence-electron chi connectivity index (χ0n) is 13.5. The fourth-order valence-electron chi connectivity index (χ4n) is 2.88. The minimum Gasteiger partial charge on any atom is -0.324 e. The van der Waals surface area contributed by atoms with Crippen LogP contribution < -0.4 is 5.32 Å². The first kappa shape index (κ1) is 16.4. The monoisotopic (exact) mass is 365 g/mol. The molecule has 1 aliphatic heterocycles. The quantitative estimate of drug-likeness (QED) is 0.649. The molecule has 4 rings (SSSR count). The average molecular weight is 366 g/mol. The predicted octanol–water partition coefficient (Wildman–Crippen LogP) is 5.00. The molecule has 0 atom stereocenters. The van der Waals surface area contributed by atoms with E-state index in [1.54, 1.807) is 54.7 Å². The van der Waals surface area contributed by atoms with Gasteiger partial charge in [0.2, 0.25) is 5.91 Å². The van der Waals surface area contributed by atoms with E-state index in [9.17, 15) is 9.18 Å². The average Bonchev–Trinajstić information content (AvgIpc) is 2.79. The number of nitrogens with zero attached hydrogens (tertiary/aromatic N) is 2. The van der Waals surface area contributed by atoms with Gasteiger partial charge in [-0.3, -0.25) is 9.79 Å². The van der Waals surface area contributed by atoms with Crippen molar-refractivity contribution in [2.45, 2.75) is 6.42 Å². The third kappa shape index (κ3) is 3.21. The topological polar surface area (TPSA) is 54.4 Å². The molecule has 2 aromatic carbocycles. The van der Waals surface area contributed by atoms with Crippen LogP contribution in [0.3, 0.4) is 0 Å². The van der Waals surface area contributed by atoms with Crippen LogP contribution in [0.2, 0.25) is 5.15 Å². The smallest absolute Gasteiger partial charge is 0.230 e. The molecule has 4 nitrogen and oxygen atoms in total. The van der Waals surface area contributed by atoms with E-state index < -0.39 is 0 Å². The number of rotatable bonds is 2. The maximum absolute atomic E-state index is 14.1. The molecule has 0 spiro atoms. The highest BCUT2D eigenvalue weighted by Gasteiger charge is 2.18. The number of benzene rings is 2. The summed E-state index contributed by atoms with van der Waals surface area (Å²) in [5.41, 5.74) is 3.65. The molecule has 1 aromatic heterocycles. The normalized spacial score (nSPS) is 13.5. The molecule has 1 aliphatic rings. The van der Waals surface area contributed by atoms with Crippen LogP contribution in [0.1, 0.15) is 12.0 Å². The largest absolute Gasteiger partial charge is 0.324 e. The lowest BCUT2D eigenvalue weighted by Gasteiger charge is -2.09. The van der Waals surface area contributed by atoms with Gasteiger partial charge in [0.25, 0.3) is 0 Å². The summed E-state index contributed by atoms with van der Waals surface area (Å²) in [4.78, 5) is 20.9. The Morgan fingerprint density at radius 2 is 1.88 bits per heavy atom. The Morgan fingerprint density at radius 1 is 1.04 bits per heavy atom. The van der Waals surface area contributed by atoms with E-state index in [-0.39, 0.29) is 18.1 Å². The number of anilines is 1. The number of aromatic nitrogens is 1. The van der Waals surface area contributed by atoms with Crippen LogP contribution in [0.25, 0.3) is 11.1 Å². The summed E-state index contributed by atoms with van der Waals surface area (Å²) in [6.45, 7) is 0. The molecular formula is C20H13ClFN3O. The minimum atomic E-state index is -0.317. The van der Waals surface area contributed by atoms with Gasteiger partial charge in [-0.15, -0.1) is 0 Å². The van der Waals surface area contributed by atoms with E-state index in [2.05, 4.69) is 15.3 Å². The number of aliphatic imine (C=N–C) groups is 1. The predicted molar refractivity (Wildman–Crippen MR) is 101 cm³/mol. The SMILES string of the molecule is O=C1CC(c2ccnc(Cl)c2)=Nc2ccc(-c3ccccc3F)cc2N1. The van der Waals surface area contributed by atoms with E-state index in [1.807, 2.05) is 0 Å². The first-order chi connectivity index (χ1) is 12.6. The Hall–Kier alpha value is -3.05. The van der Waals surface area contributed by atoms with Crippen molar-refractivity contribution in [3.05, 3.63) is 77.3 Å². The molecule has 26 heavy (non-hydrogen) atoms. The van der Waals surface area contributed by atoms with Crippen LogP contribution in [-0.4, -0.2) is 16.6 Å². The number of hydrogen-bond acceptors (Lipinski definition) is 3. The first-order valence-corrected chi connectivity index (χ1v) is 8.36. The Morgan fingerprint density at radius 3 is 2.69 bits per heavy atom. The molecule has 0 fully saturated rings. The molecule has 0 unspecified atom stereocenters. The molecule has 3 aromatic rings. The van der Waals surface area contributed by atoms with Gasteiger partial charge in [-0.1, -0.05) is 35.9 Å². The lowest BCUT2D eigenvalue weighted by Crippen LogP contribution is -2.15. The number of nitrogens with one attached hydrogen (secondary N) is 1. The number of carbonyl (C=O) groups excluding carboxylic acids is 1. The summed E-state index contributed by atoms with van der Waals surface area (Å²) < 4.78 is 14.1. The number of pyridine rings is 1. The third-order valence-corrected chi connectivity index (χ3v) is 4.31. The van der Waals surface area contributed by atoms with Crippen LogP contribution in [0.15, 0.2) is 65.8 Å². The Bertz CT molecular complexity index is 1050. The van der Waals surface area contributed by atoms with Crippen LogP contribution in [0.4, 0.5) is 15.8 Å². The Balaban J connectivity index is 1.80. The van der Waals surface area contributed by atoms with Gasteiger partial charge in [0.05, 0.1) is 23.5 Å². The molecule has 128 valence electrons. The van der Waals surface area contributed by atoms with Crippen LogP contribution in [0, 0.1) is 5.82 Å². The highest BCUT2D eigenvalue weighted by molar-refractivity contribution is 6.30. The summed E-state index contributed by atoms with van der Waals surface area (Å²) in [6.07, 6.45) is 1.69. The van der Waals surface area contributed by atoms with Crippen molar-refractivity contribution in [2.24, 2.45) is 4.99 Å². The Kier molecular flexibility index (Phi) is 4.22. The standard InChI is InChI=1S/C20H13ClFN3O/c21-19-10-13(7-8-23-19)17-11-20(26)25-18-9-12(5-6-16(18)24-17)14-3-1-2-4-15(14)22/h1-10H,11H2,(H,25,26). The van der Waals surface area contributed by atoms with Gasteiger partial charge >= 0.3 is 0 Å². The number of carbonyl (C=O) groups is 1. The lowest BCUT2D eigenvalue weighted by molar-refractivity contribution is -0.115. The van der Waals surface area contributed by atoms with Gasteiger partial charge < -0.3 is 5.32 Å². The molecule has 1 amide bonds. The summed E-state index contributed by atoms with van der Waals surface area (Å²) in [6, 6.07) is 15.2. The second kappa shape index (κ2) is 6.69. The van der Waals surface area contributed by atoms with Gasteiger partial charge in [-0.05, 0) is 35.9 Å². The van der Waals surface area contributed by atoms with Gasteiger partial charge in [0, 0.05) is 17.3 Å². The van der Waals surface area contributed by atoms with Crippen molar-refractivity contribution in [2.75, 3.05) is 5.32 Å². The minimum absolute atomic E-state index is 0.115. The maximum Gasteiger partial charge on any atom is 0.230 e. The highest BCUT2D eigenvalue weighted by Crippen LogP contribution is 2.34. The molecule has 1 N–H and O–H groups in total. The number of halogens is 2. The van der Waals surface area contributed by atoms with Crippen molar-refractivity contribution in [3.8, 4) is 11.1 Å². The molecular weight excluding hydrogens is 353 g/mol. The van der Waals surface area contributed by atoms with Crippen molar-refractivity contribution >= 4 is 34.6 Å². The van der Waals surface area contributed by atoms with Crippen LogP contribution in [-0.2, 0) is 4.79 Å². The van der Waals surface area contributed by atoms with Crippen molar-refractivity contribution in [3.63, 3.8) is 0 Å². The fraction of sp³-hybridized carbons (Fsp3) is 0.0500. The number of hydrogen-bond donors (Lipinski definition) is 1. The van der Waals surface area contributed by atoms with Gasteiger partial charge in [-0.25, -0.2) is 9.37 Å². The van der Waals surface area contributed by atoms with E-state index in [1.165, 1.54) is 6.07 Å². The molecule has 0 saturated carbocycles. The van der Waals surface area contributed by atoms with E-state index in [0.717, 1.165) is 5.56 Å². The Labute approximate surface area is 154 Å². The highest BCUT2D eigenvalue weighted by atomic mass is 35.5. The molecule has 0 radical (unpaired) electrons.